The Labute approximate surface area is 189 Å². The minimum absolute atomic E-state index is 0.0683. The number of amides is 2. The first-order valence-corrected chi connectivity index (χ1v) is 10.6. The number of nitrogens with one attached hydrogen (secondary N) is 2. The third kappa shape index (κ3) is 6.17. The van der Waals surface area contributed by atoms with Crippen LogP contribution in [0.15, 0.2) is 53.5 Å². The highest BCUT2D eigenvalue weighted by atomic mass is 19.1. The molecule has 0 saturated carbocycles. The number of aryl methyl sites for hydroxylation is 1. The molecule has 1 heterocycles. The van der Waals surface area contributed by atoms with Gasteiger partial charge in [-0.25, -0.2) is 9.87 Å². The molecule has 0 aliphatic rings. The van der Waals surface area contributed by atoms with Crippen LogP contribution in [0.4, 0.5) is 4.39 Å². The molecular formula is C24H26FN3O5. The molecule has 1 aromatic heterocycles. The molecular weight excluding hydrogens is 429 g/mol. The summed E-state index contributed by atoms with van der Waals surface area (Å²) in [6.07, 6.45) is 3.63. The highest BCUT2D eigenvalue weighted by Gasteiger charge is 2.16. The summed E-state index contributed by atoms with van der Waals surface area (Å²) in [5.41, 5.74) is 2.36. The smallest absolute Gasteiger partial charge is 0.257 e. The molecule has 0 bridgehead atoms. The quantitative estimate of drug-likeness (QED) is 0.247. The third-order valence-corrected chi connectivity index (χ3v) is 5.33. The van der Waals surface area contributed by atoms with Crippen molar-refractivity contribution in [1.82, 2.24) is 15.4 Å². The van der Waals surface area contributed by atoms with Gasteiger partial charge in [0.2, 0.25) is 11.3 Å². The van der Waals surface area contributed by atoms with Crippen LogP contribution in [0.1, 0.15) is 41.6 Å². The van der Waals surface area contributed by atoms with E-state index in [4.69, 9.17) is 9.94 Å². The Morgan fingerprint density at radius 3 is 2.55 bits per heavy atom. The predicted molar refractivity (Wildman–Crippen MR) is 121 cm³/mol. The fraction of sp³-hybridized carbons (Fsp3) is 0.292. The molecule has 0 unspecified atom stereocenters. The molecule has 0 saturated heterocycles. The maximum atomic E-state index is 13.9. The molecule has 0 fully saturated rings. The van der Waals surface area contributed by atoms with E-state index in [2.05, 4.69) is 5.32 Å². The number of benzene rings is 2. The van der Waals surface area contributed by atoms with E-state index in [1.807, 2.05) is 12.1 Å². The lowest BCUT2D eigenvalue weighted by atomic mass is 10.1. The predicted octanol–water partition coefficient (Wildman–Crippen LogP) is 3.15. The Balaban J connectivity index is 1.78. The third-order valence-electron chi connectivity index (χ3n) is 5.33. The van der Waals surface area contributed by atoms with Crippen molar-refractivity contribution in [3.8, 4) is 5.75 Å². The van der Waals surface area contributed by atoms with Crippen molar-refractivity contribution in [2.75, 3.05) is 7.11 Å². The summed E-state index contributed by atoms with van der Waals surface area (Å²) in [4.78, 5) is 36.9. The number of hydrogen-bond acceptors (Lipinski definition) is 5. The number of carbonyl (C=O) groups excluding carboxylic acids is 2. The van der Waals surface area contributed by atoms with E-state index in [1.54, 1.807) is 29.3 Å². The van der Waals surface area contributed by atoms with Crippen molar-refractivity contribution >= 4 is 22.7 Å². The lowest BCUT2D eigenvalue weighted by molar-refractivity contribution is -0.129. The van der Waals surface area contributed by atoms with Crippen molar-refractivity contribution < 1.29 is 23.9 Å². The van der Waals surface area contributed by atoms with Crippen LogP contribution < -0.4 is 21.0 Å². The van der Waals surface area contributed by atoms with E-state index in [0.29, 0.717) is 37.1 Å². The largest absolute Gasteiger partial charge is 0.497 e. The Morgan fingerprint density at radius 2 is 1.85 bits per heavy atom. The van der Waals surface area contributed by atoms with Crippen LogP contribution in [0.2, 0.25) is 0 Å². The van der Waals surface area contributed by atoms with Gasteiger partial charge in [0.15, 0.2) is 0 Å². The summed E-state index contributed by atoms with van der Waals surface area (Å²) in [5.74, 6) is -0.857. The topological polar surface area (TPSA) is 110 Å². The molecule has 0 spiro atoms. The second-order valence-electron chi connectivity index (χ2n) is 7.60. The zero-order valence-electron chi connectivity index (χ0n) is 18.3. The van der Waals surface area contributed by atoms with Gasteiger partial charge in [-0.15, -0.1) is 0 Å². The number of aromatic nitrogens is 1. The van der Waals surface area contributed by atoms with Gasteiger partial charge in [0, 0.05) is 31.1 Å². The standard InChI is InChI=1S/C24H26FN3O5/c1-33-18-9-6-16(7-10-18)14-26-24(31)20-15-28(12-4-2-3-5-22(29)27-32)21-11-8-17(25)13-19(21)23(20)30/h6-11,13,15,32H,2-5,12,14H2,1H3,(H,26,31)(H,27,29). The minimum atomic E-state index is -0.558. The number of ether oxygens (including phenoxy) is 1. The van der Waals surface area contributed by atoms with Gasteiger partial charge in [-0.2, -0.15) is 0 Å². The summed E-state index contributed by atoms with van der Waals surface area (Å²) in [7, 11) is 1.57. The fourth-order valence-electron chi connectivity index (χ4n) is 3.54. The summed E-state index contributed by atoms with van der Waals surface area (Å²) >= 11 is 0. The highest BCUT2D eigenvalue weighted by molar-refractivity contribution is 5.97. The molecule has 0 radical (unpaired) electrons. The van der Waals surface area contributed by atoms with Gasteiger partial charge in [0.1, 0.15) is 17.1 Å². The number of hydrogen-bond donors (Lipinski definition) is 3. The first kappa shape index (κ1) is 23.9. The Morgan fingerprint density at radius 1 is 1.09 bits per heavy atom. The Bertz CT molecular complexity index is 1190. The zero-order valence-corrected chi connectivity index (χ0v) is 18.3. The molecule has 0 atom stereocenters. The average molecular weight is 455 g/mol. The van der Waals surface area contributed by atoms with Gasteiger partial charge in [-0.3, -0.25) is 19.6 Å². The number of hydroxylamine groups is 1. The number of pyridine rings is 1. The van der Waals surface area contributed by atoms with Crippen molar-refractivity contribution in [3.05, 3.63) is 75.8 Å². The van der Waals surface area contributed by atoms with E-state index >= 15 is 0 Å². The van der Waals surface area contributed by atoms with Crippen molar-refractivity contribution in [2.45, 2.75) is 38.8 Å². The molecule has 33 heavy (non-hydrogen) atoms. The fourth-order valence-corrected chi connectivity index (χ4v) is 3.54. The lowest BCUT2D eigenvalue weighted by Crippen LogP contribution is -2.29. The molecule has 3 N–H and O–H groups in total. The van der Waals surface area contributed by atoms with Crippen LogP contribution >= 0.6 is 0 Å². The molecule has 2 aromatic carbocycles. The number of methoxy groups -OCH3 is 1. The maximum absolute atomic E-state index is 13.9. The highest BCUT2D eigenvalue weighted by Crippen LogP contribution is 2.16. The normalized spacial score (nSPS) is 10.8. The average Bonchev–Trinajstić information content (AvgIpc) is 2.83. The summed E-state index contributed by atoms with van der Waals surface area (Å²) in [6.45, 7) is 0.693. The summed E-state index contributed by atoms with van der Waals surface area (Å²) < 4.78 is 20.7. The second kappa shape index (κ2) is 11.2. The van der Waals surface area contributed by atoms with E-state index in [1.165, 1.54) is 18.3 Å². The summed E-state index contributed by atoms with van der Waals surface area (Å²) in [6, 6.07) is 11.1. The number of unbranched alkanes of at least 4 members (excludes halogenated alkanes) is 2. The first-order valence-electron chi connectivity index (χ1n) is 10.6. The van der Waals surface area contributed by atoms with E-state index < -0.39 is 23.1 Å². The van der Waals surface area contributed by atoms with E-state index in [9.17, 15) is 18.8 Å². The van der Waals surface area contributed by atoms with Gasteiger partial charge in [0.05, 0.1) is 12.6 Å². The van der Waals surface area contributed by atoms with Crippen molar-refractivity contribution in [2.24, 2.45) is 0 Å². The van der Waals surface area contributed by atoms with Gasteiger partial charge >= 0.3 is 0 Å². The van der Waals surface area contributed by atoms with Crippen LogP contribution in [0.5, 0.6) is 5.75 Å². The van der Waals surface area contributed by atoms with Crippen LogP contribution in [0.3, 0.4) is 0 Å². The van der Waals surface area contributed by atoms with Crippen LogP contribution in [0.25, 0.3) is 10.9 Å². The Kier molecular flexibility index (Phi) is 8.15. The maximum Gasteiger partial charge on any atom is 0.257 e. The van der Waals surface area contributed by atoms with Gasteiger partial charge in [0.25, 0.3) is 5.91 Å². The minimum Gasteiger partial charge on any atom is -0.497 e. The van der Waals surface area contributed by atoms with Crippen LogP contribution in [-0.4, -0.2) is 28.7 Å². The number of rotatable bonds is 10. The molecule has 0 aliphatic carbocycles. The summed E-state index contributed by atoms with van der Waals surface area (Å²) in [5, 5.41) is 11.4. The van der Waals surface area contributed by atoms with Gasteiger partial charge < -0.3 is 14.6 Å². The van der Waals surface area contributed by atoms with Crippen molar-refractivity contribution in [3.63, 3.8) is 0 Å². The van der Waals surface area contributed by atoms with Gasteiger partial charge in [-0.1, -0.05) is 18.6 Å². The molecule has 2 amide bonds. The SMILES string of the molecule is COc1ccc(CNC(=O)c2cn(CCCCCC(=O)NO)c3ccc(F)cc3c2=O)cc1. The van der Waals surface area contributed by atoms with E-state index in [0.717, 1.165) is 11.6 Å². The zero-order chi connectivity index (χ0) is 23.8. The van der Waals surface area contributed by atoms with Crippen LogP contribution in [0, 0.1) is 5.82 Å². The Hall–Kier alpha value is -3.72. The van der Waals surface area contributed by atoms with Gasteiger partial charge in [-0.05, 0) is 48.7 Å². The monoisotopic (exact) mass is 455 g/mol. The lowest BCUT2D eigenvalue weighted by Gasteiger charge is -2.14. The number of fused-ring (bicyclic) bond motifs is 1. The first-order chi connectivity index (χ1) is 15.9. The molecule has 3 rings (SSSR count). The second-order valence-corrected chi connectivity index (χ2v) is 7.60. The molecule has 3 aromatic rings. The van der Waals surface area contributed by atoms with Crippen LogP contribution in [-0.2, 0) is 17.9 Å². The molecule has 174 valence electrons. The van der Waals surface area contributed by atoms with Crippen molar-refractivity contribution in [1.29, 1.82) is 0 Å². The molecule has 9 heteroatoms. The molecule has 0 aliphatic heterocycles. The number of nitrogens with zero attached hydrogens (tertiary/aromatic N) is 1. The van der Waals surface area contributed by atoms with E-state index in [-0.39, 0.29) is 23.9 Å². The molecule has 8 nitrogen and oxygen atoms in total. The number of carbonyl (C=O) groups is 2. The number of halogens is 1.